The summed E-state index contributed by atoms with van der Waals surface area (Å²) in [5.41, 5.74) is 2.17. The molecule has 0 bridgehead atoms. The van der Waals surface area contributed by atoms with Crippen LogP contribution in [-0.2, 0) is 14.5 Å². The number of hydroxylamine groups is 2. The summed E-state index contributed by atoms with van der Waals surface area (Å²) < 4.78 is 0. The maximum atomic E-state index is 12.7. The second kappa shape index (κ2) is 6.37. The van der Waals surface area contributed by atoms with Crippen LogP contribution in [0.4, 0.5) is 0 Å². The summed E-state index contributed by atoms with van der Waals surface area (Å²) in [5, 5.41) is 15.0. The van der Waals surface area contributed by atoms with Crippen LogP contribution in [0.1, 0.15) is 29.5 Å². The number of aryl methyl sites for hydroxylation is 2. The summed E-state index contributed by atoms with van der Waals surface area (Å²) in [6.45, 7) is 5.05. The molecule has 6 nitrogen and oxygen atoms in total. The number of carbonyl (C=O) groups excluding carboxylic acids is 1. The van der Waals surface area contributed by atoms with Gasteiger partial charge in [-0.25, -0.2) is 5.26 Å². The van der Waals surface area contributed by atoms with Gasteiger partial charge in [0.25, 0.3) is 5.91 Å². The van der Waals surface area contributed by atoms with E-state index in [2.05, 4.69) is 5.32 Å². The number of benzene rings is 1. The normalized spacial score (nSPS) is 20.6. The lowest BCUT2D eigenvalue weighted by Gasteiger charge is -2.38. The molecule has 7 heteroatoms. The van der Waals surface area contributed by atoms with E-state index in [1.807, 2.05) is 18.9 Å². The van der Waals surface area contributed by atoms with E-state index >= 15 is 0 Å². The van der Waals surface area contributed by atoms with E-state index in [9.17, 15) is 10.1 Å². The summed E-state index contributed by atoms with van der Waals surface area (Å²) in [7, 11) is 1.62. The third-order valence-electron chi connectivity index (χ3n) is 4.91. The Morgan fingerprint density at radius 3 is 2.33 bits per heavy atom. The molecular weight excluding hydrogens is 332 g/mol. The molecule has 1 saturated heterocycles. The Labute approximate surface area is 145 Å². The highest BCUT2D eigenvalue weighted by Crippen LogP contribution is 2.42. The second-order valence-corrected chi connectivity index (χ2v) is 6.79. The maximum Gasteiger partial charge on any atom is 0.256 e. The number of amides is 1. The molecule has 1 fully saturated rings. The SMILES string of the molecule is CON1CCC2(CC1)NC(=O)C(c1c(C)cc(Cl)cc1C)=C2OO. The Morgan fingerprint density at radius 2 is 1.83 bits per heavy atom. The van der Waals surface area contributed by atoms with Gasteiger partial charge in [0, 0.05) is 18.1 Å². The van der Waals surface area contributed by atoms with Gasteiger partial charge in [-0.15, -0.1) is 0 Å². The predicted molar refractivity (Wildman–Crippen MR) is 90.2 cm³/mol. The van der Waals surface area contributed by atoms with E-state index in [4.69, 9.17) is 21.3 Å². The zero-order valence-electron chi connectivity index (χ0n) is 14.0. The first kappa shape index (κ1) is 17.2. The van der Waals surface area contributed by atoms with Crippen molar-refractivity contribution in [1.82, 2.24) is 10.4 Å². The van der Waals surface area contributed by atoms with Crippen LogP contribution in [0, 0.1) is 13.8 Å². The highest BCUT2D eigenvalue weighted by atomic mass is 35.5. The van der Waals surface area contributed by atoms with Crippen LogP contribution in [0.2, 0.25) is 5.02 Å². The highest BCUT2D eigenvalue weighted by Gasteiger charge is 2.50. The standard InChI is InChI=1S/C17H21ClN2O4/c1-10-8-12(18)9-11(2)13(10)14-15(24-22)17(19-16(14)21)4-6-20(23-3)7-5-17/h8-9,22H,4-7H2,1-3H3,(H,19,21). The topological polar surface area (TPSA) is 71.0 Å². The van der Waals surface area contributed by atoms with Crippen molar-refractivity contribution < 1.29 is 19.8 Å². The summed E-state index contributed by atoms with van der Waals surface area (Å²) in [5.74, 6) is 0.0511. The van der Waals surface area contributed by atoms with E-state index in [-0.39, 0.29) is 11.7 Å². The molecule has 130 valence electrons. The van der Waals surface area contributed by atoms with Gasteiger partial charge in [0.2, 0.25) is 0 Å². The maximum absolute atomic E-state index is 12.7. The largest absolute Gasteiger partial charge is 0.341 e. The summed E-state index contributed by atoms with van der Waals surface area (Å²) in [4.78, 5) is 22.7. The Kier molecular flexibility index (Phi) is 4.57. The van der Waals surface area contributed by atoms with E-state index in [0.29, 0.717) is 36.5 Å². The van der Waals surface area contributed by atoms with Crippen molar-refractivity contribution >= 4 is 23.1 Å². The Balaban J connectivity index is 2.09. The van der Waals surface area contributed by atoms with Gasteiger partial charge in [-0.05, 0) is 55.5 Å². The molecule has 24 heavy (non-hydrogen) atoms. The molecule has 2 aliphatic heterocycles. The molecule has 0 aromatic heterocycles. The molecule has 0 atom stereocenters. The Hall–Kier alpha value is -1.60. The summed E-state index contributed by atoms with van der Waals surface area (Å²) in [6.07, 6.45) is 1.19. The van der Waals surface area contributed by atoms with Gasteiger partial charge in [0.05, 0.1) is 12.7 Å². The molecule has 2 heterocycles. The summed E-state index contributed by atoms with van der Waals surface area (Å²) in [6, 6.07) is 3.61. The third-order valence-corrected chi connectivity index (χ3v) is 5.13. The molecule has 2 aliphatic rings. The number of carbonyl (C=O) groups is 1. The number of hydrogen-bond acceptors (Lipinski definition) is 5. The van der Waals surface area contributed by atoms with Crippen molar-refractivity contribution in [3.63, 3.8) is 0 Å². The lowest BCUT2D eigenvalue weighted by atomic mass is 9.85. The lowest BCUT2D eigenvalue weighted by molar-refractivity contribution is -0.219. The van der Waals surface area contributed by atoms with Crippen molar-refractivity contribution in [3.05, 3.63) is 39.6 Å². The fourth-order valence-electron chi connectivity index (χ4n) is 3.75. The van der Waals surface area contributed by atoms with Crippen LogP contribution >= 0.6 is 11.6 Å². The van der Waals surface area contributed by atoms with Crippen molar-refractivity contribution in [1.29, 1.82) is 0 Å². The molecular formula is C17H21ClN2O4. The quantitative estimate of drug-likeness (QED) is 0.646. The minimum absolute atomic E-state index is 0.238. The fourth-order valence-corrected chi connectivity index (χ4v) is 4.07. The molecule has 1 aromatic carbocycles. The minimum atomic E-state index is -0.700. The second-order valence-electron chi connectivity index (χ2n) is 6.36. The van der Waals surface area contributed by atoms with Crippen LogP contribution in [0.3, 0.4) is 0 Å². The number of nitrogens with zero attached hydrogens (tertiary/aromatic N) is 1. The van der Waals surface area contributed by atoms with E-state index in [0.717, 1.165) is 16.7 Å². The van der Waals surface area contributed by atoms with E-state index < -0.39 is 5.54 Å². The smallest absolute Gasteiger partial charge is 0.256 e. The monoisotopic (exact) mass is 352 g/mol. The number of halogens is 1. The summed E-state index contributed by atoms with van der Waals surface area (Å²) >= 11 is 6.09. The van der Waals surface area contributed by atoms with Crippen molar-refractivity contribution in [2.75, 3.05) is 20.2 Å². The van der Waals surface area contributed by atoms with Crippen molar-refractivity contribution in [3.8, 4) is 0 Å². The van der Waals surface area contributed by atoms with Gasteiger partial charge in [-0.1, -0.05) is 11.6 Å². The van der Waals surface area contributed by atoms with Crippen LogP contribution in [-0.4, -0.2) is 42.0 Å². The highest BCUT2D eigenvalue weighted by molar-refractivity contribution is 6.31. The van der Waals surface area contributed by atoms with Crippen LogP contribution in [0.25, 0.3) is 5.57 Å². The molecule has 2 N–H and O–H groups in total. The van der Waals surface area contributed by atoms with Crippen LogP contribution in [0.5, 0.6) is 0 Å². The Bertz CT molecular complexity index is 686. The number of piperidine rings is 1. The van der Waals surface area contributed by atoms with E-state index in [1.54, 1.807) is 19.2 Å². The molecule has 0 aliphatic carbocycles. The molecule has 1 spiro atoms. The average Bonchev–Trinajstić information content (AvgIpc) is 2.79. The van der Waals surface area contributed by atoms with Crippen LogP contribution < -0.4 is 5.32 Å². The van der Waals surface area contributed by atoms with Crippen molar-refractivity contribution in [2.45, 2.75) is 32.2 Å². The lowest BCUT2D eigenvalue weighted by Crippen LogP contribution is -2.52. The minimum Gasteiger partial charge on any atom is -0.341 e. The first-order valence-electron chi connectivity index (χ1n) is 7.86. The van der Waals surface area contributed by atoms with Gasteiger partial charge < -0.3 is 15.0 Å². The molecule has 0 unspecified atom stereocenters. The van der Waals surface area contributed by atoms with Gasteiger partial charge >= 0.3 is 0 Å². The number of hydrogen-bond donors (Lipinski definition) is 2. The Morgan fingerprint density at radius 1 is 1.25 bits per heavy atom. The van der Waals surface area contributed by atoms with E-state index in [1.165, 1.54) is 0 Å². The molecule has 0 radical (unpaired) electrons. The molecule has 3 rings (SSSR count). The average molecular weight is 353 g/mol. The molecule has 0 saturated carbocycles. The number of nitrogens with one attached hydrogen (secondary N) is 1. The van der Waals surface area contributed by atoms with Gasteiger partial charge in [0.15, 0.2) is 5.76 Å². The van der Waals surface area contributed by atoms with Crippen molar-refractivity contribution in [2.24, 2.45) is 0 Å². The predicted octanol–water partition coefficient (Wildman–Crippen LogP) is 2.68. The third kappa shape index (κ3) is 2.69. The molecule has 1 amide bonds. The van der Waals surface area contributed by atoms with Gasteiger partial charge in [-0.2, -0.15) is 5.06 Å². The first-order chi connectivity index (χ1) is 11.4. The fraction of sp³-hybridized carbons (Fsp3) is 0.471. The van der Waals surface area contributed by atoms with Gasteiger partial charge in [0.1, 0.15) is 5.54 Å². The van der Waals surface area contributed by atoms with Crippen LogP contribution in [0.15, 0.2) is 17.9 Å². The zero-order valence-corrected chi connectivity index (χ0v) is 14.7. The zero-order chi connectivity index (χ0) is 17.5. The first-order valence-corrected chi connectivity index (χ1v) is 8.24. The molecule has 1 aromatic rings. The van der Waals surface area contributed by atoms with Gasteiger partial charge in [-0.3, -0.25) is 4.79 Å². The number of rotatable bonds is 3.